The van der Waals surface area contributed by atoms with Crippen LogP contribution in [0.4, 0.5) is 0 Å². The minimum Gasteiger partial charge on any atom is -0.310 e. The van der Waals surface area contributed by atoms with Crippen LogP contribution >= 0.6 is 27.5 Å². The Kier molecular flexibility index (Phi) is 3.47. The number of hydrogen-bond acceptors (Lipinski definition) is 1. The third-order valence-corrected chi connectivity index (χ3v) is 3.98. The van der Waals surface area contributed by atoms with E-state index in [0.29, 0.717) is 6.04 Å². The first-order chi connectivity index (χ1) is 6.79. The van der Waals surface area contributed by atoms with Crippen molar-refractivity contribution < 1.29 is 0 Å². The summed E-state index contributed by atoms with van der Waals surface area (Å²) in [4.78, 5) is 0. The Labute approximate surface area is 98.0 Å². The second-order valence-corrected chi connectivity index (χ2v) is 4.88. The maximum absolute atomic E-state index is 6.24. The molecule has 0 aliphatic carbocycles. The Morgan fingerprint density at radius 1 is 1.36 bits per heavy atom. The molecule has 1 fully saturated rings. The summed E-state index contributed by atoms with van der Waals surface area (Å²) >= 11 is 9.69. The number of piperidine rings is 1. The van der Waals surface area contributed by atoms with Crippen molar-refractivity contribution in [3.8, 4) is 0 Å². The van der Waals surface area contributed by atoms with Gasteiger partial charge in [0.05, 0.1) is 5.02 Å². The molecule has 0 aromatic heterocycles. The highest BCUT2D eigenvalue weighted by Crippen LogP contribution is 2.33. The van der Waals surface area contributed by atoms with Crippen molar-refractivity contribution in [3.63, 3.8) is 0 Å². The van der Waals surface area contributed by atoms with E-state index in [9.17, 15) is 0 Å². The summed E-state index contributed by atoms with van der Waals surface area (Å²) in [6, 6.07) is 6.57. The molecule has 0 unspecified atom stereocenters. The van der Waals surface area contributed by atoms with Crippen molar-refractivity contribution in [2.24, 2.45) is 0 Å². The first-order valence-electron chi connectivity index (χ1n) is 4.96. The second-order valence-electron chi connectivity index (χ2n) is 3.65. The standard InChI is InChI=1S/C11H13BrClN/c12-9-5-3-4-8(11(9)13)10-6-1-2-7-14-10/h3-5,10,14H,1-2,6-7H2/t10-/m0/s1. The normalized spacial score (nSPS) is 22.3. The quantitative estimate of drug-likeness (QED) is 0.818. The van der Waals surface area contributed by atoms with E-state index in [1.807, 2.05) is 12.1 Å². The maximum atomic E-state index is 6.24. The highest BCUT2D eigenvalue weighted by Gasteiger charge is 2.17. The van der Waals surface area contributed by atoms with Gasteiger partial charge < -0.3 is 5.32 Å². The summed E-state index contributed by atoms with van der Waals surface area (Å²) < 4.78 is 0.990. The molecule has 1 heterocycles. The zero-order chi connectivity index (χ0) is 9.97. The lowest BCUT2D eigenvalue weighted by molar-refractivity contribution is 0.412. The topological polar surface area (TPSA) is 12.0 Å². The fourth-order valence-corrected chi connectivity index (χ4v) is 2.55. The van der Waals surface area contributed by atoms with E-state index in [-0.39, 0.29) is 0 Å². The van der Waals surface area contributed by atoms with E-state index < -0.39 is 0 Å². The Hall–Kier alpha value is -0.0500. The van der Waals surface area contributed by atoms with Crippen LogP contribution in [0.2, 0.25) is 5.02 Å². The largest absolute Gasteiger partial charge is 0.310 e. The summed E-state index contributed by atoms with van der Waals surface area (Å²) in [5.74, 6) is 0. The number of nitrogens with one attached hydrogen (secondary N) is 1. The Bertz CT molecular complexity index is 321. The molecule has 1 saturated heterocycles. The smallest absolute Gasteiger partial charge is 0.0595 e. The zero-order valence-corrected chi connectivity index (χ0v) is 10.2. The number of benzene rings is 1. The van der Waals surface area contributed by atoms with Crippen molar-refractivity contribution in [2.75, 3.05) is 6.54 Å². The Morgan fingerprint density at radius 2 is 2.21 bits per heavy atom. The maximum Gasteiger partial charge on any atom is 0.0595 e. The molecule has 1 aromatic carbocycles. The van der Waals surface area contributed by atoms with Gasteiger partial charge in [-0.2, -0.15) is 0 Å². The van der Waals surface area contributed by atoms with Crippen LogP contribution in [-0.4, -0.2) is 6.54 Å². The van der Waals surface area contributed by atoms with Crippen molar-refractivity contribution in [2.45, 2.75) is 25.3 Å². The van der Waals surface area contributed by atoms with Gasteiger partial charge in [-0.1, -0.05) is 30.2 Å². The molecule has 3 heteroatoms. The van der Waals surface area contributed by atoms with E-state index in [1.165, 1.54) is 24.8 Å². The molecular weight excluding hydrogens is 261 g/mol. The summed E-state index contributed by atoms with van der Waals surface area (Å²) in [5.41, 5.74) is 1.22. The van der Waals surface area contributed by atoms with Crippen LogP contribution in [0.1, 0.15) is 30.9 Å². The first-order valence-corrected chi connectivity index (χ1v) is 6.13. The van der Waals surface area contributed by atoms with Crippen molar-refractivity contribution in [3.05, 3.63) is 33.3 Å². The molecule has 0 bridgehead atoms. The van der Waals surface area contributed by atoms with Gasteiger partial charge in [-0.3, -0.25) is 0 Å². The van der Waals surface area contributed by atoms with Gasteiger partial charge in [0, 0.05) is 10.5 Å². The summed E-state index contributed by atoms with van der Waals surface area (Å²) in [6.07, 6.45) is 3.76. The monoisotopic (exact) mass is 273 g/mol. The highest BCUT2D eigenvalue weighted by molar-refractivity contribution is 9.10. The fourth-order valence-electron chi connectivity index (χ4n) is 1.91. The van der Waals surface area contributed by atoms with Crippen LogP contribution in [0.25, 0.3) is 0 Å². The van der Waals surface area contributed by atoms with Gasteiger partial charge >= 0.3 is 0 Å². The van der Waals surface area contributed by atoms with Gasteiger partial charge in [-0.05, 0) is 46.9 Å². The predicted molar refractivity (Wildman–Crippen MR) is 63.7 cm³/mol. The Morgan fingerprint density at radius 3 is 2.93 bits per heavy atom. The van der Waals surface area contributed by atoms with Crippen LogP contribution in [0, 0.1) is 0 Å². The molecule has 0 radical (unpaired) electrons. The number of rotatable bonds is 1. The molecule has 76 valence electrons. The molecule has 1 N–H and O–H groups in total. The van der Waals surface area contributed by atoms with Crippen LogP contribution in [0.15, 0.2) is 22.7 Å². The molecule has 0 amide bonds. The van der Waals surface area contributed by atoms with Crippen LogP contribution in [0.3, 0.4) is 0 Å². The lowest BCUT2D eigenvalue weighted by atomic mass is 9.98. The van der Waals surface area contributed by atoms with Gasteiger partial charge in [-0.25, -0.2) is 0 Å². The third-order valence-electron chi connectivity index (χ3n) is 2.67. The van der Waals surface area contributed by atoms with E-state index in [1.54, 1.807) is 0 Å². The zero-order valence-electron chi connectivity index (χ0n) is 7.89. The van der Waals surface area contributed by atoms with Crippen LogP contribution in [-0.2, 0) is 0 Å². The van der Waals surface area contributed by atoms with E-state index in [0.717, 1.165) is 16.0 Å². The number of halogens is 2. The minimum absolute atomic E-state index is 0.439. The molecular formula is C11H13BrClN. The number of hydrogen-bond donors (Lipinski definition) is 1. The van der Waals surface area contributed by atoms with Gasteiger partial charge in [0.15, 0.2) is 0 Å². The van der Waals surface area contributed by atoms with Gasteiger partial charge in [-0.15, -0.1) is 0 Å². The summed E-state index contributed by atoms with van der Waals surface area (Å²) in [5, 5.41) is 4.35. The van der Waals surface area contributed by atoms with Crippen molar-refractivity contribution in [1.82, 2.24) is 5.32 Å². The van der Waals surface area contributed by atoms with E-state index >= 15 is 0 Å². The first kappa shape index (κ1) is 10.5. The lowest BCUT2D eigenvalue weighted by Crippen LogP contribution is -2.26. The minimum atomic E-state index is 0.439. The van der Waals surface area contributed by atoms with E-state index in [4.69, 9.17) is 11.6 Å². The van der Waals surface area contributed by atoms with Crippen molar-refractivity contribution >= 4 is 27.5 Å². The summed E-state index contributed by atoms with van der Waals surface area (Å²) in [7, 11) is 0. The molecule has 0 saturated carbocycles. The molecule has 1 nitrogen and oxygen atoms in total. The molecule has 1 aromatic rings. The van der Waals surface area contributed by atoms with Gasteiger partial charge in [0.25, 0.3) is 0 Å². The molecule has 2 rings (SSSR count). The predicted octanol–water partition coefficient (Wildman–Crippen LogP) is 3.92. The average Bonchev–Trinajstić information content (AvgIpc) is 2.23. The third kappa shape index (κ3) is 2.13. The Balaban J connectivity index is 2.26. The molecule has 0 spiro atoms. The van der Waals surface area contributed by atoms with Crippen LogP contribution < -0.4 is 5.32 Å². The second kappa shape index (κ2) is 4.65. The van der Waals surface area contributed by atoms with Gasteiger partial charge in [0.2, 0.25) is 0 Å². The van der Waals surface area contributed by atoms with Crippen molar-refractivity contribution in [1.29, 1.82) is 0 Å². The molecule has 1 aliphatic rings. The van der Waals surface area contributed by atoms with Crippen LogP contribution in [0.5, 0.6) is 0 Å². The molecule has 1 atom stereocenters. The van der Waals surface area contributed by atoms with Gasteiger partial charge in [0.1, 0.15) is 0 Å². The molecule has 14 heavy (non-hydrogen) atoms. The fraction of sp³-hybridized carbons (Fsp3) is 0.455. The molecule has 1 aliphatic heterocycles. The summed E-state index contributed by atoms with van der Waals surface area (Å²) in [6.45, 7) is 1.10. The average molecular weight is 275 g/mol. The highest BCUT2D eigenvalue weighted by atomic mass is 79.9. The van der Waals surface area contributed by atoms with E-state index in [2.05, 4.69) is 27.3 Å². The SMILES string of the molecule is Clc1c(Br)cccc1[C@@H]1CCCCN1. The lowest BCUT2D eigenvalue weighted by Gasteiger charge is -2.24.